The molecular weight excluding hydrogens is 232 g/mol. The Morgan fingerprint density at radius 3 is 2.72 bits per heavy atom. The molecule has 2 atom stereocenters. The van der Waals surface area contributed by atoms with E-state index >= 15 is 0 Å². The number of Topliss-reactive ketones (excluding diaryl/α,β-unsaturated/α-hetero) is 1. The summed E-state index contributed by atoms with van der Waals surface area (Å²) in [6, 6.07) is -0.0794. The molecule has 2 rings (SSSR count). The van der Waals surface area contributed by atoms with Crippen LogP contribution in [-0.4, -0.2) is 15.3 Å². The summed E-state index contributed by atoms with van der Waals surface area (Å²) in [5, 5.41) is 0. The lowest BCUT2D eigenvalue weighted by Crippen LogP contribution is -2.41. The summed E-state index contributed by atoms with van der Waals surface area (Å²) < 4.78 is 1.23. The van der Waals surface area contributed by atoms with Crippen molar-refractivity contribution in [2.75, 3.05) is 0 Å². The largest absolute Gasteiger partial charge is 0.328 e. The van der Waals surface area contributed by atoms with Crippen molar-refractivity contribution >= 4 is 5.78 Å². The van der Waals surface area contributed by atoms with Crippen LogP contribution in [0.1, 0.15) is 55.9 Å². The first-order valence-electron chi connectivity index (χ1n) is 6.36. The molecule has 0 aliphatic heterocycles. The van der Waals surface area contributed by atoms with Crippen molar-refractivity contribution in [1.29, 1.82) is 0 Å². The molecule has 18 heavy (non-hydrogen) atoms. The fraction of sp³-hybridized carbons (Fsp3) is 0.615. The monoisotopic (exact) mass is 250 g/mol. The molecule has 5 heteroatoms. The van der Waals surface area contributed by atoms with Gasteiger partial charge in [0.1, 0.15) is 0 Å². The second-order valence-electron chi connectivity index (χ2n) is 5.16. The summed E-state index contributed by atoms with van der Waals surface area (Å²) in [7, 11) is 0. The average Bonchev–Trinajstić information content (AvgIpc) is 2.28. The van der Waals surface area contributed by atoms with Crippen LogP contribution < -0.4 is 11.2 Å². The molecule has 0 saturated heterocycles. The number of aromatic nitrogens is 2. The van der Waals surface area contributed by atoms with Crippen molar-refractivity contribution in [2.45, 2.75) is 45.6 Å². The molecule has 2 unspecified atom stereocenters. The van der Waals surface area contributed by atoms with Crippen molar-refractivity contribution in [3.05, 3.63) is 32.6 Å². The smallest absolute Gasteiger partial charge is 0.313 e. The summed E-state index contributed by atoms with van der Waals surface area (Å²) >= 11 is 0. The maximum Gasteiger partial charge on any atom is 0.328 e. The van der Waals surface area contributed by atoms with Crippen LogP contribution in [0.2, 0.25) is 0 Å². The molecule has 0 spiro atoms. The third-order valence-corrected chi connectivity index (χ3v) is 3.66. The fourth-order valence-electron chi connectivity index (χ4n) is 2.71. The number of nitrogens with one attached hydrogen (secondary N) is 1. The highest BCUT2D eigenvalue weighted by atomic mass is 16.2. The van der Waals surface area contributed by atoms with Gasteiger partial charge in [0.15, 0.2) is 5.78 Å². The van der Waals surface area contributed by atoms with Gasteiger partial charge in [0.25, 0.3) is 5.56 Å². The van der Waals surface area contributed by atoms with Gasteiger partial charge in [0.2, 0.25) is 0 Å². The second-order valence-corrected chi connectivity index (χ2v) is 5.16. The minimum absolute atomic E-state index is 0.0628. The SMILES string of the molecule is CC(=O)c1c[nH]c(=O)n(C2CCCC(C)C2)c1=O. The van der Waals surface area contributed by atoms with Gasteiger partial charge >= 0.3 is 5.69 Å². The molecule has 1 aliphatic rings. The third-order valence-electron chi connectivity index (χ3n) is 3.66. The van der Waals surface area contributed by atoms with Crippen LogP contribution in [0.15, 0.2) is 15.8 Å². The van der Waals surface area contributed by atoms with E-state index in [2.05, 4.69) is 11.9 Å². The number of hydrogen-bond acceptors (Lipinski definition) is 3. The Bertz CT molecular complexity index is 570. The lowest BCUT2D eigenvalue weighted by molar-refractivity contribution is 0.101. The number of ketones is 1. The van der Waals surface area contributed by atoms with Crippen LogP contribution >= 0.6 is 0 Å². The molecule has 1 N–H and O–H groups in total. The summed E-state index contributed by atoms with van der Waals surface area (Å²) in [5.41, 5.74) is -0.803. The molecule has 1 heterocycles. The maximum absolute atomic E-state index is 12.2. The van der Waals surface area contributed by atoms with Gasteiger partial charge in [0, 0.05) is 12.2 Å². The molecular formula is C13H18N2O3. The fourth-order valence-corrected chi connectivity index (χ4v) is 2.71. The van der Waals surface area contributed by atoms with E-state index in [0.29, 0.717) is 5.92 Å². The van der Waals surface area contributed by atoms with E-state index in [4.69, 9.17) is 0 Å². The molecule has 98 valence electrons. The van der Waals surface area contributed by atoms with E-state index in [9.17, 15) is 14.4 Å². The van der Waals surface area contributed by atoms with Crippen molar-refractivity contribution in [1.82, 2.24) is 9.55 Å². The second kappa shape index (κ2) is 4.92. The van der Waals surface area contributed by atoms with Crippen molar-refractivity contribution in [2.24, 2.45) is 5.92 Å². The van der Waals surface area contributed by atoms with E-state index in [-0.39, 0.29) is 17.4 Å². The van der Waals surface area contributed by atoms with E-state index in [1.807, 2.05) is 0 Å². The Hall–Kier alpha value is -1.65. The summed E-state index contributed by atoms with van der Waals surface area (Å²) in [4.78, 5) is 37.8. The normalized spacial score (nSPS) is 23.9. The van der Waals surface area contributed by atoms with Crippen LogP contribution in [-0.2, 0) is 0 Å². The number of hydrogen-bond donors (Lipinski definition) is 1. The number of carbonyl (C=O) groups excluding carboxylic acids is 1. The molecule has 0 radical (unpaired) electrons. The summed E-state index contributed by atoms with van der Waals surface area (Å²) in [5.74, 6) is 0.199. The number of rotatable bonds is 2. The van der Waals surface area contributed by atoms with Crippen molar-refractivity contribution in [3.63, 3.8) is 0 Å². The number of H-pyrrole nitrogens is 1. The highest BCUT2D eigenvalue weighted by Gasteiger charge is 2.24. The molecule has 5 nitrogen and oxygen atoms in total. The third kappa shape index (κ3) is 2.30. The first kappa shape index (κ1) is 12.8. The van der Waals surface area contributed by atoms with E-state index in [1.54, 1.807) is 0 Å². The first-order valence-corrected chi connectivity index (χ1v) is 6.36. The van der Waals surface area contributed by atoms with Crippen LogP contribution in [0.25, 0.3) is 0 Å². The van der Waals surface area contributed by atoms with Gasteiger partial charge in [-0.3, -0.25) is 14.2 Å². The zero-order valence-corrected chi connectivity index (χ0v) is 10.7. The van der Waals surface area contributed by atoms with Crippen LogP contribution in [0.5, 0.6) is 0 Å². The van der Waals surface area contributed by atoms with Crippen LogP contribution in [0.4, 0.5) is 0 Å². The van der Waals surface area contributed by atoms with Crippen molar-refractivity contribution in [3.8, 4) is 0 Å². The maximum atomic E-state index is 12.2. The Labute approximate surface area is 105 Å². The number of aromatic amines is 1. The summed E-state index contributed by atoms with van der Waals surface area (Å²) in [6.07, 6.45) is 5.02. The lowest BCUT2D eigenvalue weighted by atomic mass is 9.87. The summed E-state index contributed by atoms with van der Waals surface area (Å²) in [6.45, 7) is 3.46. The molecule has 0 aromatic carbocycles. The molecule has 1 aromatic rings. The van der Waals surface area contributed by atoms with Gasteiger partial charge in [-0.15, -0.1) is 0 Å². The van der Waals surface area contributed by atoms with Gasteiger partial charge in [-0.1, -0.05) is 19.8 Å². The van der Waals surface area contributed by atoms with E-state index < -0.39 is 11.2 Å². The standard InChI is InChI=1S/C13H18N2O3/c1-8-4-3-5-10(6-8)15-12(17)11(9(2)16)7-14-13(15)18/h7-8,10H,3-6H2,1-2H3,(H,14,18). The Morgan fingerprint density at radius 1 is 1.39 bits per heavy atom. The highest BCUT2D eigenvalue weighted by molar-refractivity contribution is 5.93. The van der Waals surface area contributed by atoms with Gasteiger partial charge in [-0.2, -0.15) is 0 Å². The zero-order valence-electron chi connectivity index (χ0n) is 10.7. The molecule has 1 aliphatic carbocycles. The van der Waals surface area contributed by atoms with Crippen LogP contribution in [0, 0.1) is 5.92 Å². The van der Waals surface area contributed by atoms with Gasteiger partial charge in [-0.05, 0) is 25.7 Å². The average molecular weight is 250 g/mol. The first-order chi connectivity index (χ1) is 8.50. The predicted octanol–water partition coefficient (Wildman–Crippen LogP) is 1.49. The zero-order chi connectivity index (χ0) is 13.3. The van der Waals surface area contributed by atoms with Crippen molar-refractivity contribution < 1.29 is 4.79 Å². The number of carbonyl (C=O) groups is 1. The van der Waals surface area contributed by atoms with E-state index in [1.165, 1.54) is 17.7 Å². The van der Waals surface area contributed by atoms with Crippen LogP contribution in [0.3, 0.4) is 0 Å². The lowest BCUT2D eigenvalue weighted by Gasteiger charge is -2.27. The van der Waals surface area contributed by atoms with Gasteiger partial charge < -0.3 is 4.98 Å². The molecule has 1 fully saturated rings. The Morgan fingerprint density at radius 2 is 2.11 bits per heavy atom. The minimum Gasteiger partial charge on any atom is -0.313 e. The van der Waals surface area contributed by atoms with Gasteiger partial charge in [-0.25, -0.2) is 4.79 Å². The Kier molecular flexibility index (Phi) is 3.50. The van der Waals surface area contributed by atoms with E-state index in [0.717, 1.165) is 25.7 Å². The highest BCUT2D eigenvalue weighted by Crippen LogP contribution is 2.30. The molecule has 0 bridgehead atoms. The molecule has 0 amide bonds. The quantitative estimate of drug-likeness (QED) is 0.808. The Balaban J connectivity index is 2.49. The van der Waals surface area contributed by atoms with Gasteiger partial charge in [0.05, 0.1) is 5.56 Å². The minimum atomic E-state index is -0.453. The molecule has 1 aromatic heterocycles. The number of nitrogens with zero attached hydrogens (tertiary/aromatic N) is 1. The predicted molar refractivity (Wildman–Crippen MR) is 68.0 cm³/mol. The molecule has 1 saturated carbocycles. The topological polar surface area (TPSA) is 71.9 Å².